The van der Waals surface area contributed by atoms with Crippen molar-refractivity contribution in [3.8, 4) is 5.75 Å². The largest absolute Gasteiger partial charge is 0.487 e. The van der Waals surface area contributed by atoms with E-state index in [9.17, 15) is 17.6 Å². The molecule has 0 bridgehead atoms. The summed E-state index contributed by atoms with van der Waals surface area (Å²) < 4.78 is 45.5. The molecule has 2 unspecified atom stereocenters. The molecule has 0 aromatic heterocycles. The first kappa shape index (κ1) is 22.1. The maximum Gasteiger partial charge on any atom is 0.244 e. The summed E-state index contributed by atoms with van der Waals surface area (Å²) in [5.41, 5.74) is 1.49. The van der Waals surface area contributed by atoms with E-state index >= 15 is 0 Å². The van der Waals surface area contributed by atoms with Crippen LogP contribution in [-0.2, 0) is 14.8 Å². The van der Waals surface area contributed by atoms with Crippen molar-refractivity contribution in [3.63, 3.8) is 0 Å². The van der Waals surface area contributed by atoms with Crippen molar-refractivity contribution in [3.05, 3.63) is 59.4 Å². The van der Waals surface area contributed by atoms with Gasteiger partial charge in [0.15, 0.2) is 0 Å². The van der Waals surface area contributed by atoms with Crippen LogP contribution in [0.1, 0.15) is 44.4 Å². The van der Waals surface area contributed by atoms with E-state index in [2.05, 4.69) is 5.32 Å². The summed E-state index contributed by atoms with van der Waals surface area (Å²) in [6.45, 7) is 7.32. The molecular weight excluding hydrogens is 407 g/mol. The molecule has 0 saturated carbocycles. The van der Waals surface area contributed by atoms with E-state index in [1.54, 1.807) is 0 Å². The molecule has 3 rings (SSSR count). The number of nitrogens with one attached hydrogen (secondary N) is 1. The van der Waals surface area contributed by atoms with Gasteiger partial charge in [-0.25, -0.2) is 12.8 Å². The summed E-state index contributed by atoms with van der Waals surface area (Å²) >= 11 is 0. The van der Waals surface area contributed by atoms with Gasteiger partial charge in [0, 0.05) is 12.0 Å². The van der Waals surface area contributed by atoms with Crippen molar-refractivity contribution in [2.75, 3.05) is 10.6 Å². The average molecular weight is 435 g/mol. The van der Waals surface area contributed by atoms with Gasteiger partial charge in [-0.05, 0) is 52.0 Å². The Morgan fingerprint density at radius 1 is 1.27 bits per heavy atom. The standard InChI is InChI=1S/C22H27FN2O4S/c1-14-9-10-20-18(11-14)19(13-22(3,4)29-20)24-21(26)15(2)25(30(5,27)28)17-8-6-7-16(23)12-17/h6-12,15,19H,13H2,1-5H3,(H,24,26). The van der Waals surface area contributed by atoms with Gasteiger partial charge in [0.25, 0.3) is 0 Å². The van der Waals surface area contributed by atoms with E-state index in [4.69, 9.17) is 4.74 Å². The molecule has 0 saturated heterocycles. The van der Waals surface area contributed by atoms with Crippen LogP contribution in [0.15, 0.2) is 42.5 Å². The van der Waals surface area contributed by atoms with Crippen molar-refractivity contribution >= 4 is 21.6 Å². The van der Waals surface area contributed by atoms with Crippen LogP contribution in [0.25, 0.3) is 0 Å². The molecule has 0 fully saturated rings. The predicted octanol–water partition coefficient (Wildman–Crippen LogP) is 3.71. The number of aryl methyl sites for hydroxylation is 1. The number of carbonyl (C=O) groups is 1. The van der Waals surface area contributed by atoms with Crippen LogP contribution in [0.2, 0.25) is 0 Å². The van der Waals surface area contributed by atoms with Crippen LogP contribution < -0.4 is 14.4 Å². The Morgan fingerprint density at radius 3 is 2.60 bits per heavy atom. The lowest BCUT2D eigenvalue weighted by atomic mass is 9.89. The third kappa shape index (κ3) is 4.75. The van der Waals surface area contributed by atoms with Gasteiger partial charge in [0.2, 0.25) is 15.9 Å². The van der Waals surface area contributed by atoms with Crippen molar-refractivity contribution in [1.82, 2.24) is 5.32 Å². The number of anilines is 1. The summed E-state index contributed by atoms with van der Waals surface area (Å²) in [6.07, 6.45) is 1.53. The normalized spacial score (nSPS) is 18.7. The summed E-state index contributed by atoms with van der Waals surface area (Å²) in [6, 6.07) is 9.56. The molecule has 8 heteroatoms. The number of benzene rings is 2. The average Bonchev–Trinajstić information content (AvgIpc) is 2.60. The number of amides is 1. The lowest BCUT2D eigenvalue weighted by Gasteiger charge is -2.39. The van der Waals surface area contributed by atoms with Gasteiger partial charge in [-0.1, -0.05) is 23.8 Å². The minimum Gasteiger partial charge on any atom is -0.487 e. The molecule has 0 spiro atoms. The fourth-order valence-corrected chi connectivity index (χ4v) is 4.98. The highest BCUT2D eigenvalue weighted by Crippen LogP contribution is 2.40. The van der Waals surface area contributed by atoms with Gasteiger partial charge in [0.05, 0.1) is 18.0 Å². The number of nitrogens with zero attached hydrogens (tertiary/aromatic N) is 1. The number of rotatable bonds is 5. The predicted molar refractivity (Wildman–Crippen MR) is 115 cm³/mol. The minimum absolute atomic E-state index is 0.101. The zero-order valence-corrected chi connectivity index (χ0v) is 18.6. The second-order valence-corrected chi connectivity index (χ2v) is 10.2. The molecule has 0 radical (unpaired) electrons. The third-order valence-corrected chi connectivity index (χ3v) is 6.33. The van der Waals surface area contributed by atoms with Gasteiger partial charge in [0.1, 0.15) is 23.2 Å². The Balaban J connectivity index is 1.91. The Morgan fingerprint density at radius 2 is 1.97 bits per heavy atom. The molecule has 1 aliphatic heterocycles. The lowest BCUT2D eigenvalue weighted by Crippen LogP contribution is -2.50. The van der Waals surface area contributed by atoms with Gasteiger partial charge >= 0.3 is 0 Å². The molecular formula is C22H27FN2O4S. The zero-order valence-electron chi connectivity index (χ0n) is 17.8. The number of fused-ring (bicyclic) bond motifs is 1. The SMILES string of the molecule is Cc1ccc2c(c1)C(NC(=O)C(C)N(c1cccc(F)c1)S(C)(=O)=O)CC(C)(C)O2. The molecule has 2 aromatic rings. The molecule has 1 aliphatic rings. The maximum absolute atomic E-state index is 13.7. The summed E-state index contributed by atoms with van der Waals surface area (Å²) in [5.74, 6) is -0.357. The lowest BCUT2D eigenvalue weighted by molar-refractivity contribution is -0.123. The Bertz CT molecular complexity index is 1070. The third-order valence-electron chi connectivity index (χ3n) is 5.09. The fraction of sp³-hybridized carbons (Fsp3) is 0.409. The van der Waals surface area contributed by atoms with Gasteiger partial charge in [-0.15, -0.1) is 0 Å². The Hall–Kier alpha value is -2.61. The monoisotopic (exact) mass is 434 g/mol. The van der Waals surface area contributed by atoms with Crippen LogP contribution in [0.3, 0.4) is 0 Å². The quantitative estimate of drug-likeness (QED) is 0.779. The first-order valence-corrected chi connectivity index (χ1v) is 11.6. The minimum atomic E-state index is -3.83. The fourth-order valence-electron chi connectivity index (χ4n) is 3.82. The van der Waals surface area contributed by atoms with Crippen molar-refractivity contribution in [1.29, 1.82) is 0 Å². The molecule has 6 nitrogen and oxygen atoms in total. The van der Waals surface area contributed by atoms with Crippen molar-refractivity contribution < 1.29 is 22.3 Å². The highest BCUT2D eigenvalue weighted by atomic mass is 32.2. The van der Waals surface area contributed by atoms with Crippen LogP contribution in [0, 0.1) is 12.7 Å². The van der Waals surface area contributed by atoms with Crippen LogP contribution in [0.5, 0.6) is 5.75 Å². The molecule has 2 aromatic carbocycles. The number of carbonyl (C=O) groups excluding carboxylic acids is 1. The van der Waals surface area contributed by atoms with E-state index in [0.717, 1.165) is 27.8 Å². The molecule has 30 heavy (non-hydrogen) atoms. The highest BCUT2D eigenvalue weighted by molar-refractivity contribution is 7.92. The van der Waals surface area contributed by atoms with E-state index in [1.807, 2.05) is 39.0 Å². The molecule has 2 atom stereocenters. The van der Waals surface area contributed by atoms with Gasteiger partial charge in [-0.3, -0.25) is 9.10 Å². The van der Waals surface area contributed by atoms with E-state index in [-0.39, 0.29) is 11.7 Å². The molecule has 1 heterocycles. The van der Waals surface area contributed by atoms with Crippen molar-refractivity contribution in [2.24, 2.45) is 0 Å². The second-order valence-electron chi connectivity index (χ2n) is 8.38. The summed E-state index contributed by atoms with van der Waals surface area (Å²) in [4.78, 5) is 13.1. The van der Waals surface area contributed by atoms with Crippen LogP contribution in [0.4, 0.5) is 10.1 Å². The topological polar surface area (TPSA) is 75.7 Å². The van der Waals surface area contributed by atoms with Crippen molar-refractivity contribution in [2.45, 2.75) is 51.8 Å². The first-order chi connectivity index (χ1) is 13.9. The second kappa shape index (κ2) is 7.91. The molecule has 1 amide bonds. The van der Waals surface area contributed by atoms with Crippen LogP contribution >= 0.6 is 0 Å². The summed E-state index contributed by atoms with van der Waals surface area (Å²) in [7, 11) is -3.83. The molecule has 1 N–H and O–H groups in total. The van der Waals surface area contributed by atoms with Crippen LogP contribution in [-0.4, -0.2) is 32.2 Å². The number of sulfonamides is 1. The summed E-state index contributed by atoms with van der Waals surface area (Å²) in [5, 5.41) is 2.98. The smallest absolute Gasteiger partial charge is 0.244 e. The number of hydrogen-bond acceptors (Lipinski definition) is 4. The van der Waals surface area contributed by atoms with E-state index in [1.165, 1.54) is 25.1 Å². The molecule has 0 aliphatic carbocycles. The Labute approximate surface area is 177 Å². The zero-order chi connectivity index (χ0) is 22.3. The number of ether oxygens (including phenoxy) is 1. The van der Waals surface area contributed by atoms with Gasteiger partial charge in [-0.2, -0.15) is 0 Å². The highest BCUT2D eigenvalue weighted by Gasteiger charge is 2.37. The molecule has 162 valence electrons. The first-order valence-electron chi connectivity index (χ1n) is 9.72. The number of halogens is 1. The van der Waals surface area contributed by atoms with E-state index in [0.29, 0.717) is 12.2 Å². The Kier molecular flexibility index (Phi) is 5.82. The van der Waals surface area contributed by atoms with E-state index < -0.39 is 33.4 Å². The number of hydrogen-bond donors (Lipinski definition) is 1. The van der Waals surface area contributed by atoms with Gasteiger partial charge < -0.3 is 10.1 Å². The maximum atomic E-state index is 13.7.